The number of H-pyrrole nitrogens is 1. The number of carbonyl (C=O) groups excluding carboxylic acids is 1. The number of carbonyl (C=O) groups is 2. The van der Waals surface area contributed by atoms with Crippen LogP contribution in [0.2, 0.25) is 0 Å². The molecule has 1 aliphatic heterocycles. The Morgan fingerprint density at radius 1 is 1.24 bits per heavy atom. The Labute approximate surface area is 122 Å². The average molecular weight is 293 g/mol. The quantitative estimate of drug-likeness (QED) is 0.804. The molecule has 0 bridgehead atoms. The standard InChI is InChI=1S/C13H19N5O3/c19-10(20)8-17-4-1-5-18(7-6-17)13(21)12-14-11(15-16-12)9-2-3-9/h9H,1-8H2,(H,19,20)(H,14,15,16). The Morgan fingerprint density at radius 3 is 2.76 bits per heavy atom. The molecular formula is C13H19N5O3. The molecule has 2 aliphatic rings. The number of aliphatic carboxylic acids is 1. The van der Waals surface area contributed by atoms with Crippen molar-refractivity contribution in [2.75, 3.05) is 32.7 Å². The number of carboxylic acid groups (broad SMARTS) is 1. The zero-order chi connectivity index (χ0) is 14.8. The molecule has 0 spiro atoms. The summed E-state index contributed by atoms with van der Waals surface area (Å²) < 4.78 is 0. The molecule has 1 aromatic rings. The lowest BCUT2D eigenvalue weighted by molar-refractivity contribution is -0.138. The highest BCUT2D eigenvalue weighted by Gasteiger charge is 2.29. The summed E-state index contributed by atoms with van der Waals surface area (Å²) in [5.74, 6) is 0.464. The van der Waals surface area contributed by atoms with Gasteiger partial charge in [0.05, 0.1) is 6.54 Å². The second-order valence-corrected chi connectivity index (χ2v) is 5.63. The summed E-state index contributed by atoms with van der Waals surface area (Å²) in [7, 11) is 0. The predicted octanol–water partition coefficient (Wildman–Crippen LogP) is -0.0854. The first-order valence-corrected chi connectivity index (χ1v) is 7.29. The number of rotatable bonds is 4. The number of hydrogen-bond acceptors (Lipinski definition) is 5. The van der Waals surface area contributed by atoms with Gasteiger partial charge in [0.1, 0.15) is 5.82 Å². The molecule has 0 aromatic carbocycles. The van der Waals surface area contributed by atoms with Crippen LogP contribution in [0.25, 0.3) is 0 Å². The minimum atomic E-state index is -0.835. The summed E-state index contributed by atoms with van der Waals surface area (Å²) in [5.41, 5.74) is 0. The number of nitrogens with zero attached hydrogens (tertiary/aromatic N) is 4. The van der Waals surface area contributed by atoms with Gasteiger partial charge in [0, 0.05) is 32.1 Å². The highest BCUT2D eigenvalue weighted by Crippen LogP contribution is 2.37. The summed E-state index contributed by atoms with van der Waals surface area (Å²) in [6.45, 7) is 2.41. The van der Waals surface area contributed by atoms with E-state index in [0.717, 1.165) is 25.1 Å². The number of nitrogens with one attached hydrogen (secondary N) is 1. The van der Waals surface area contributed by atoms with Crippen LogP contribution in [0.4, 0.5) is 0 Å². The van der Waals surface area contributed by atoms with Crippen LogP contribution >= 0.6 is 0 Å². The summed E-state index contributed by atoms with van der Waals surface area (Å²) in [6, 6.07) is 0. The van der Waals surface area contributed by atoms with Crippen molar-refractivity contribution >= 4 is 11.9 Å². The van der Waals surface area contributed by atoms with Crippen LogP contribution in [0.3, 0.4) is 0 Å². The van der Waals surface area contributed by atoms with Crippen molar-refractivity contribution in [3.8, 4) is 0 Å². The van der Waals surface area contributed by atoms with Crippen LogP contribution in [-0.2, 0) is 4.79 Å². The molecule has 21 heavy (non-hydrogen) atoms. The normalized spacial score (nSPS) is 20.3. The SMILES string of the molecule is O=C(O)CN1CCCN(C(=O)c2n[nH]c(C3CC3)n2)CC1. The van der Waals surface area contributed by atoms with Crippen molar-refractivity contribution < 1.29 is 14.7 Å². The fraction of sp³-hybridized carbons (Fsp3) is 0.692. The third-order valence-corrected chi connectivity index (χ3v) is 3.89. The van der Waals surface area contributed by atoms with Gasteiger partial charge in [-0.15, -0.1) is 5.10 Å². The molecule has 2 heterocycles. The first-order valence-electron chi connectivity index (χ1n) is 7.29. The van der Waals surface area contributed by atoms with Crippen molar-refractivity contribution in [1.82, 2.24) is 25.0 Å². The number of amides is 1. The van der Waals surface area contributed by atoms with E-state index in [-0.39, 0.29) is 18.3 Å². The van der Waals surface area contributed by atoms with Gasteiger partial charge in [-0.1, -0.05) is 0 Å². The molecule has 2 N–H and O–H groups in total. The Morgan fingerprint density at radius 2 is 2.05 bits per heavy atom. The maximum absolute atomic E-state index is 12.4. The molecule has 1 amide bonds. The van der Waals surface area contributed by atoms with Gasteiger partial charge in [-0.05, 0) is 19.3 Å². The van der Waals surface area contributed by atoms with Crippen molar-refractivity contribution in [1.29, 1.82) is 0 Å². The first kappa shape index (κ1) is 14.0. The van der Waals surface area contributed by atoms with Crippen LogP contribution in [0.5, 0.6) is 0 Å². The van der Waals surface area contributed by atoms with E-state index in [1.54, 1.807) is 4.90 Å². The molecule has 1 saturated carbocycles. The maximum atomic E-state index is 12.4. The molecule has 0 atom stereocenters. The van der Waals surface area contributed by atoms with Crippen molar-refractivity contribution in [3.63, 3.8) is 0 Å². The summed E-state index contributed by atoms with van der Waals surface area (Å²) >= 11 is 0. The minimum Gasteiger partial charge on any atom is -0.480 e. The highest BCUT2D eigenvalue weighted by atomic mass is 16.4. The summed E-state index contributed by atoms with van der Waals surface area (Å²) in [6.07, 6.45) is 2.98. The van der Waals surface area contributed by atoms with E-state index in [0.29, 0.717) is 32.1 Å². The summed E-state index contributed by atoms with van der Waals surface area (Å²) in [4.78, 5) is 31.0. The fourth-order valence-corrected chi connectivity index (χ4v) is 2.57. The fourth-order valence-electron chi connectivity index (χ4n) is 2.57. The second kappa shape index (κ2) is 5.80. The minimum absolute atomic E-state index is 0.0223. The van der Waals surface area contributed by atoms with E-state index in [2.05, 4.69) is 15.2 Å². The van der Waals surface area contributed by atoms with E-state index in [9.17, 15) is 9.59 Å². The van der Waals surface area contributed by atoms with Gasteiger partial charge in [-0.25, -0.2) is 4.98 Å². The van der Waals surface area contributed by atoms with Gasteiger partial charge in [0.25, 0.3) is 5.91 Å². The van der Waals surface area contributed by atoms with Crippen LogP contribution in [0.15, 0.2) is 0 Å². The zero-order valence-corrected chi connectivity index (χ0v) is 11.8. The lowest BCUT2D eigenvalue weighted by Gasteiger charge is -2.19. The monoisotopic (exact) mass is 293 g/mol. The molecule has 1 aliphatic carbocycles. The van der Waals surface area contributed by atoms with E-state index in [1.807, 2.05) is 4.90 Å². The van der Waals surface area contributed by atoms with E-state index in [1.165, 1.54) is 0 Å². The topological polar surface area (TPSA) is 102 Å². The van der Waals surface area contributed by atoms with Crippen LogP contribution in [0.1, 0.15) is 41.6 Å². The van der Waals surface area contributed by atoms with Gasteiger partial charge in [-0.2, -0.15) is 0 Å². The Kier molecular flexibility index (Phi) is 3.87. The molecule has 2 fully saturated rings. The van der Waals surface area contributed by atoms with Gasteiger partial charge in [0.15, 0.2) is 0 Å². The number of hydrogen-bond donors (Lipinski definition) is 2. The lowest BCUT2D eigenvalue weighted by atomic mass is 10.3. The van der Waals surface area contributed by atoms with E-state index in [4.69, 9.17) is 5.11 Å². The molecule has 1 aromatic heterocycles. The van der Waals surface area contributed by atoms with Crippen LogP contribution < -0.4 is 0 Å². The molecular weight excluding hydrogens is 274 g/mol. The van der Waals surface area contributed by atoms with Crippen LogP contribution in [0, 0.1) is 0 Å². The number of aromatic nitrogens is 3. The van der Waals surface area contributed by atoms with Crippen LogP contribution in [-0.4, -0.2) is 74.7 Å². The van der Waals surface area contributed by atoms with E-state index >= 15 is 0 Å². The average Bonchev–Trinajstić information content (AvgIpc) is 3.22. The molecule has 3 rings (SSSR count). The second-order valence-electron chi connectivity index (χ2n) is 5.63. The van der Waals surface area contributed by atoms with E-state index < -0.39 is 5.97 Å². The third-order valence-electron chi connectivity index (χ3n) is 3.89. The van der Waals surface area contributed by atoms with Gasteiger partial charge >= 0.3 is 5.97 Å². The zero-order valence-electron chi connectivity index (χ0n) is 11.8. The van der Waals surface area contributed by atoms with Crippen molar-refractivity contribution in [2.45, 2.75) is 25.2 Å². The Balaban J connectivity index is 1.60. The number of carboxylic acids is 1. The molecule has 1 saturated heterocycles. The molecule has 114 valence electrons. The predicted molar refractivity (Wildman–Crippen MR) is 73.0 cm³/mol. The lowest BCUT2D eigenvalue weighted by Crippen LogP contribution is -2.37. The molecule has 0 radical (unpaired) electrons. The molecule has 0 unspecified atom stereocenters. The Bertz CT molecular complexity index is 540. The Hall–Kier alpha value is -1.96. The largest absolute Gasteiger partial charge is 0.480 e. The maximum Gasteiger partial charge on any atom is 0.317 e. The van der Waals surface area contributed by atoms with Crippen molar-refractivity contribution in [2.24, 2.45) is 0 Å². The molecule has 8 nitrogen and oxygen atoms in total. The smallest absolute Gasteiger partial charge is 0.317 e. The van der Waals surface area contributed by atoms with Gasteiger partial charge in [0.2, 0.25) is 5.82 Å². The highest BCUT2D eigenvalue weighted by molar-refractivity contribution is 5.90. The van der Waals surface area contributed by atoms with Crippen molar-refractivity contribution in [3.05, 3.63) is 11.6 Å². The van der Waals surface area contributed by atoms with Gasteiger partial charge < -0.3 is 10.0 Å². The first-order chi connectivity index (χ1) is 10.1. The number of aromatic amines is 1. The van der Waals surface area contributed by atoms with Gasteiger partial charge in [-0.3, -0.25) is 19.6 Å². The third kappa shape index (κ3) is 3.38. The molecule has 8 heteroatoms. The summed E-state index contributed by atoms with van der Waals surface area (Å²) in [5, 5.41) is 15.7.